The van der Waals surface area contributed by atoms with Crippen LogP contribution in [0.1, 0.15) is 13.8 Å². The quantitative estimate of drug-likeness (QED) is 0.399. The summed E-state index contributed by atoms with van der Waals surface area (Å²) in [6.07, 6.45) is 0. The predicted octanol–water partition coefficient (Wildman–Crippen LogP) is 1.63. The second kappa shape index (κ2) is 9.76. The van der Waals surface area contributed by atoms with Gasteiger partial charge in [0.2, 0.25) is 5.91 Å². The Hall–Kier alpha value is -2.29. The zero-order chi connectivity index (χ0) is 18.1. The topological polar surface area (TPSA) is 74.8 Å². The molecule has 0 aromatic heterocycles. The highest BCUT2D eigenvalue weighted by molar-refractivity contribution is 5.94. The molecule has 9 heteroatoms. The van der Waals surface area contributed by atoms with Crippen LogP contribution in [0.2, 0.25) is 0 Å². The molecule has 1 atom stereocenters. The molecular weight excluding hydrogens is 325 g/mol. The van der Waals surface area contributed by atoms with Crippen molar-refractivity contribution >= 4 is 17.6 Å². The van der Waals surface area contributed by atoms with Gasteiger partial charge in [-0.05, 0) is 26.0 Å². The summed E-state index contributed by atoms with van der Waals surface area (Å²) in [7, 11) is 1.56. The number of rotatable bonds is 7. The Bertz CT molecular complexity index is 596. The first-order valence-corrected chi connectivity index (χ1v) is 7.36. The van der Waals surface area contributed by atoms with E-state index in [2.05, 4.69) is 20.9 Å². The molecule has 6 nitrogen and oxygen atoms in total. The second-order valence-corrected chi connectivity index (χ2v) is 4.97. The van der Waals surface area contributed by atoms with E-state index in [0.29, 0.717) is 19.1 Å². The van der Waals surface area contributed by atoms with Gasteiger partial charge in [-0.3, -0.25) is 4.79 Å². The number of carbonyl (C=O) groups excluding carboxylic acids is 1. The summed E-state index contributed by atoms with van der Waals surface area (Å²) in [5.74, 6) is -4.71. The lowest BCUT2D eigenvalue weighted by Crippen LogP contribution is -2.44. The lowest BCUT2D eigenvalue weighted by molar-refractivity contribution is -0.114. The molecule has 0 bridgehead atoms. The Morgan fingerprint density at radius 1 is 1.29 bits per heavy atom. The van der Waals surface area contributed by atoms with Gasteiger partial charge in [-0.25, -0.2) is 18.2 Å². The molecule has 1 aromatic rings. The van der Waals surface area contributed by atoms with Gasteiger partial charge in [0.15, 0.2) is 23.4 Å². The van der Waals surface area contributed by atoms with Crippen molar-refractivity contribution in [3.8, 4) is 0 Å². The van der Waals surface area contributed by atoms with Gasteiger partial charge in [0.05, 0.1) is 12.3 Å². The van der Waals surface area contributed by atoms with Gasteiger partial charge >= 0.3 is 0 Å². The van der Waals surface area contributed by atoms with E-state index in [4.69, 9.17) is 4.74 Å². The molecule has 1 rings (SSSR count). The molecule has 0 aliphatic heterocycles. The van der Waals surface area contributed by atoms with Gasteiger partial charge in [0, 0.05) is 19.7 Å². The maximum atomic E-state index is 13.5. The number of halogens is 3. The number of hydrogen-bond acceptors (Lipinski definition) is 3. The number of hydrogen-bond donors (Lipinski definition) is 3. The van der Waals surface area contributed by atoms with Crippen LogP contribution >= 0.6 is 0 Å². The molecule has 0 saturated carbocycles. The number of methoxy groups -OCH3 is 1. The summed E-state index contributed by atoms with van der Waals surface area (Å²) in [6, 6.07) is 1.63. The highest BCUT2D eigenvalue weighted by atomic mass is 19.2. The minimum Gasteiger partial charge on any atom is -0.383 e. The van der Waals surface area contributed by atoms with Crippen LogP contribution in [0.5, 0.6) is 0 Å². The molecule has 0 aliphatic carbocycles. The van der Waals surface area contributed by atoms with E-state index < -0.39 is 29.0 Å². The monoisotopic (exact) mass is 346 g/mol. The van der Waals surface area contributed by atoms with Crippen LogP contribution in [0.3, 0.4) is 0 Å². The minimum absolute atomic E-state index is 0.0421. The van der Waals surface area contributed by atoms with E-state index >= 15 is 0 Å². The third kappa shape index (κ3) is 6.07. The average molecular weight is 346 g/mol. The van der Waals surface area contributed by atoms with E-state index in [1.807, 2.05) is 13.8 Å². The third-order valence-corrected chi connectivity index (χ3v) is 2.83. The van der Waals surface area contributed by atoms with Crippen LogP contribution in [-0.4, -0.2) is 44.7 Å². The molecule has 1 unspecified atom stereocenters. The fourth-order valence-corrected chi connectivity index (χ4v) is 1.81. The number of nitrogens with one attached hydrogen (secondary N) is 3. The largest absolute Gasteiger partial charge is 0.383 e. The summed E-state index contributed by atoms with van der Waals surface area (Å²) >= 11 is 0. The van der Waals surface area contributed by atoms with E-state index in [1.165, 1.54) is 0 Å². The highest BCUT2D eigenvalue weighted by Gasteiger charge is 2.15. The van der Waals surface area contributed by atoms with E-state index in [1.54, 1.807) is 7.11 Å². The Labute approximate surface area is 138 Å². The van der Waals surface area contributed by atoms with Gasteiger partial charge in [0.1, 0.15) is 6.54 Å². The van der Waals surface area contributed by atoms with E-state index in [-0.39, 0.29) is 12.6 Å². The minimum atomic E-state index is -1.64. The molecule has 0 radical (unpaired) electrons. The maximum Gasteiger partial charge on any atom is 0.246 e. The summed E-state index contributed by atoms with van der Waals surface area (Å²) in [4.78, 5) is 15.8. The Balaban J connectivity index is 2.69. The van der Waals surface area contributed by atoms with Crippen LogP contribution in [0.4, 0.5) is 18.9 Å². The van der Waals surface area contributed by atoms with Crippen molar-refractivity contribution in [2.45, 2.75) is 19.9 Å². The summed E-state index contributed by atoms with van der Waals surface area (Å²) in [5, 5.41) is 8.10. The molecule has 134 valence electrons. The predicted molar refractivity (Wildman–Crippen MR) is 85.4 cm³/mol. The number of nitrogens with zero attached hydrogens (tertiary/aromatic N) is 1. The molecule has 0 spiro atoms. The fourth-order valence-electron chi connectivity index (χ4n) is 1.81. The molecule has 0 saturated heterocycles. The highest BCUT2D eigenvalue weighted by Crippen LogP contribution is 2.19. The summed E-state index contributed by atoms with van der Waals surface area (Å²) in [6.45, 7) is 4.41. The molecule has 1 amide bonds. The Kier molecular flexibility index (Phi) is 8.03. The molecule has 0 fully saturated rings. The number of carbonyl (C=O) groups is 1. The summed E-state index contributed by atoms with van der Waals surface area (Å²) < 4.78 is 44.4. The van der Waals surface area contributed by atoms with Crippen molar-refractivity contribution in [3.63, 3.8) is 0 Å². The summed E-state index contributed by atoms with van der Waals surface area (Å²) in [5.41, 5.74) is -0.445. The number of guanidine groups is 1. The first-order valence-electron chi connectivity index (χ1n) is 7.36. The lowest BCUT2D eigenvalue weighted by Gasteiger charge is -2.16. The number of amides is 1. The standard InChI is InChI=1S/C15H21F3N4O2/c1-4-19-15(21-9(2)8-24-3)20-7-12(23)22-11-6-5-10(16)13(17)14(11)18/h5-6,9H,4,7-8H2,1-3H3,(H,22,23)(H2,19,20,21). The fraction of sp³-hybridized carbons (Fsp3) is 0.467. The van der Waals surface area contributed by atoms with Crippen molar-refractivity contribution in [1.29, 1.82) is 0 Å². The molecule has 0 aliphatic rings. The van der Waals surface area contributed by atoms with Crippen molar-refractivity contribution < 1.29 is 22.7 Å². The molecular formula is C15H21F3N4O2. The van der Waals surface area contributed by atoms with Gasteiger partial charge < -0.3 is 20.7 Å². The first-order chi connectivity index (χ1) is 11.4. The second-order valence-electron chi connectivity index (χ2n) is 4.97. The first kappa shape index (κ1) is 19.8. The van der Waals surface area contributed by atoms with Crippen LogP contribution in [-0.2, 0) is 9.53 Å². The van der Waals surface area contributed by atoms with E-state index in [9.17, 15) is 18.0 Å². The maximum absolute atomic E-state index is 13.5. The van der Waals surface area contributed by atoms with E-state index in [0.717, 1.165) is 12.1 Å². The molecule has 0 heterocycles. The zero-order valence-electron chi connectivity index (χ0n) is 13.8. The van der Waals surface area contributed by atoms with Gasteiger partial charge in [-0.2, -0.15) is 0 Å². The van der Waals surface area contributed by atoms with Crippen molar-refractivity contribution in [2.75, 3.05) is 32.1 Å². The Morgan fingerprint density at radius 2 is 2.00 bits per heavy atom. The number of aliphatic imine (C=N–C) groups is 1. The Morgan fingerprint density at radius 3 is 2.62 bits per heavy atom. The molecule has 24 heavy (non-hydrogen) atoms. The SMILES string of the molecule is CCNC(=NCC(=O)Nc1ccc(F)c(F)c1F)NC(C)COC. The number of anilines is 1. The molecule has 3 N–H and O–H groups in total. The number of ether oxygens (including phenoxy) is 1. The normalized spacial score (nSPS) is 12.7. The molecule has 1 aromatic carbocycles. The number of benzene rings is 1. The van der Waals surface area contributed by atoms with Crippen LogP contribution < -0.4 is 16.0 Å². The van der Waals surface area contributed by atoms with Crippen LogP contribution in [0, 0.1) is 17.5 Å². The third-order valence-electron chi connectivity index (χ3n) is 2.83. The van der Waals surface area contributed by atoms with Crippen LogP contribution in [0.15, 0.2) is 17.1 Å². The van der Waals surface area contributed by atoms with Crippen molar-refractivity contribution in [2.24, 2.45) is 4.99 Å². The van der Waals surface area contributed by atoms with Gasteiger partial charge in [-0.15, -0.1) is 0 Å². The smallest absolute Gasteiger partial charge is 0.246 e. The van der Waals surface area contributed by atoms with Crippen LogP contribution in [0.25, 0.3) is 0 Å². The average Bonchev–Trinajstić information content (AvgIpc) is 2.53. The lowest BCUT2D eigenvalue weighted by atomic mass is 10.3. The van der Waals surface area contributed by atoms with Crippen molar-refractivity contribution in [3.05, 3.63) is 29.6 Å². The zero-order valence-corrected chi connectivity index (χ0v) is 13.8. The van der Waals surface area contributed by atoms with Crippen molar-refractivity contribution in [1.82, 2.24) is 10.6 Å². The van der Waals surface area contributed by atoms with Gasteiger partial charge in [0.25, 0.3) is 0 Å². The van der Waals surface area contributed by atoms with Gasteiger partial charge in [-0.1, -0.05) is 0 Å².